The fourth-order valence-electron chi connectivity index (χ4n) is 1.54. The number of ether oxygens (including phenoxy) is 2. The molecule has 0 heterocycles. The Hall–Kier alpha value is -0.930. The molecule has 0 spiro atoms. The fraction of sp³-hybridized carbons (Fsp3) is 0.538. The Morgan fingerprint density at radius 2 is 1.82 bits per heavy atom. The van der Waals surface area contributed by atoms with E-state index in [0.29, 0.717) is 6.04 Å². The Balaban J connectivity index is 0.00000256. The van der Waals surface area contributed by atoms with Gasteiger partial charge in [0, 0.05) is 6.04 Å². The molecule has 1 aromatic carbocycles. The van der Waals surface area contributed by atoms with Crippen LogP contribution >= 0.6 is 12.4 Å². The second kappa shape index (κ2) is 7.41. The normalized spacial score (nSPS) is 11.9. The molecule has 4 heteroatoms. The van der Waals surface area contributed by atoms with Crippen molar-refractivity contribution in [2.75, 3.05) is 28.3 Å². The van der Waals surface area contributed by atoms with Crippen LogP contribution in [0.2, 0.25) is 0 Å². The Labute approximate surface area is 110 Å². The number of hydrogen-bond donors (Lipinski definition) is 0. The Kier molecular flexibility index (Phi) is 7.00. The Morgan fingerprint density at radius 1 is 1.18 bits per heavy atom. The van der Waals surface area contributed by atoms with Crippen LogP contribution in [0.1, 0.15) is 12.5 Å². The number of benzene rings is 1. The van der Waals surface area contributed by atoms with E-state index in [2.05, 4.69) is 25.9 Å². The molecule has 0 saturated carbocycles. The van der Waals surface area contributed by atoms with Gasteiger partial charge in [-0.2, -0.15) is 0 Å². The molecule has 0 fully saturated rings. The first-order valence-electron chi connectivity index (χ1n) is 5.45. The van der Waals surface area contributed by atoms with Gasteiger partial charge in [0.05, 0.1) is 14.2 Å². The van der Waals surface area contributed by atoms with E-state index in [9.17, 15) is 0 Å². The summed E-state index contributed by atoms with van der Waals surface area (Å²) >= 11 is 0. The monoisotopic (exact) mass is 259 g/mol. The number of nitrogens with zero attached hydrogens (tertiary/aromatic N) is 1. The first-order chi connectivity index (χ1) is 7.58. The first kappa shape index (κ1) is 16.1. The largest absolute Gasteiger partial charge is 0.497 e. The summed E-state index contributed by atoms with van der Waals surface area (Å²) in [5, 5.41) is 0. The van der Waals surface area contributed by atoms with Crippen molar-refractivity contribution in [3.8, 4) is 11.5 Å². The minimum Gasteiger partial charge on any atom is -0.497 e. The van der Waals surface area contributed by atoms with Gasteiger partial charge in [-0.3, -0.25) is 0 Å². The summed E-state index contributed by atoms with van der Waals surface area (Å²) in [6, 6.07) is 6.39. The van der Waals surface area contributed by atoms with Crippen molar-refractivity contribution in [2.24, 2.45) is 0 Å². The third-order valence-corrected chi connectivity index (χ3v) is 2.88. The van der Waals surface area contributed by atoms with Gasteiger partial charge in [0.2, 0.25) is 0 Å². The van der Waals surface area contributed by atoms with Crippen LogP contribution in [0.4, 0.5) is 0 Å². The molecule has 0 aliphatic rings. The summed E-state index contributed by atoms with van der Waals surface area (Å²) < 4.78 is 10.6. The van der Waals surface area contributed by atoms with Crippen LogP contribution in [0, 0.1) is 0 Å². The van der Waals surface area contributed by atoms with Crippen molar-refractivity contribution in [2.45, 2.75) is 19.4 Å². The van der Waals surface area contributed by atoms with E-state index in [1.165, 1.54) is 5.56 Å². The lowest BCUT2D eigenvalue weighted by atomic mass is 10.1. The van der Waals surface area contributed by atoms with E-state index in [-0.39, 0.29) is 12.4 Å². The third kappa shape index (κ3) is 4.44. The number of halogens is 1. The van der Waals surface area contributed by atoms with Gasteiger partial charge in [-0.15, -0.1) is 12.4 Å². The summed E-state index contributed by atoms with van der Waals surface area (Å²) in [4.78, 5) is 2.19. The van der Waals surface area contributed by atoms with E-state index < -0.39 is 0 Å². The summed E-state index contributed by atoms with van der Waals surface area (Å²) in [6.07, 6.45) is 0.952. The van der Waals surface area contributed by atoms with Crippen molar-refractivity contribution >= 4 is 12.4 Å². The van der Waals surface area contributed by atoms with Crippen molar-refractivity contribution < 1.29 is 9.47 Å². The lowest BCUT2D eigenvalue weighted by molar-refractivity contribution is 0.308. The Morgan fingerprint density at radius 3 is 2.29 bits per heavy atom. The van der Waals surface area contributed by atoms with Crippen molar-refractivity contribution in [3.05, 3.63) is 23.8 Å². The SMILES string of the molecule is COc1ccc(OC)c(CC(C)N(C)C)c1.Cl. The summed E-state index contributed by atoms with van der Waals surface area (Å²) in [6.45, 7) is 2.19. The number of methoxy groups -OCH3 is 2. The van der Waals surface area contributed by atoms with Gasteiger partial charge in [0.15, 0.2) is 0 Å². The molecule has 3 nitrogen and oxygen atoms in total. The third-order valence-electron chi connectivity index (χ3n) is 2.88. The van der Waals surface area contributed by atoms with Gasteiger partial charge in [-0.05, 0) is 51.2 Å². The van der Waals surface area contributed by atoms with Gasteiger partial charge in [0.25, 0.3) is 0 Å². The van der Waals surface area contributed by atoms with E-state index in [0.717, 1.165) is 17.9 Å². The smallest absolute Gasteiger partial charge is 0.122 e. The molecule has 0 aromatic heterocycles. The molecule has 1 rings (SSSR count). The molecule has 1 aromatic rings. The van der Waals surface area contributed by atoms with Crippen LogP contribution in [0.3, 0.4) is 0 Å². The number of rotatable bonds is 5. The zero-order chi connectivity index (χ0) is 12.1. The van der Waals surface area contributed by atoms with Crippen LogP contribution in [0.25, 0.3) is 0 Å². The van der Waals surface area contributed by atoms with E-state index in [1.54, 1.807) is 14.2 Å². The van der Waals surface area contributed by atoms with Crippen LogP contribution in [-0.4, -0.2) is 39.3 Å². The standard InChI is InChI=1S/C13H21NO2.ClH/c1-10(14(2)3)8-11-9-12(15-4)6-7-13(11)16-5;/h6-7,9-10H,8H2,1-5H3;1H. The average Bonchev–Trinajstić information content (AvgIpc) is 2.28. The topological polar surface area (TPSA) is 21.7 Å². The van der Waals surface area contributed by atoms with Crippen molar-refractivity contribution in [1.29, 1.82) is 0 Å². The number of hydrogen-bond acceptors (Lipinski definition) is 3. The van der Waals surface area contributed by atoms with E-state index >= 15 is 0 Å². The second-order valence-electron chi connectivity index (χ2n) is 4.19. The highest BCUT2D eigenvalue weighted by molar-refractivity contribution is 5.85. The molecule has 98 valence electrons. The summed E-state index contributed by atoms with van der Waals surface area (Å²) in [7, 11) is 7.54. The lowest BCUT2D eigenvalue weighted by Gasteiger charge is -2.21. The first-order valence-corrected chi connectivity index (χ1v) is 5.45. The van der Waals surface area contributed by atoms with Crippen molar-refractivity contribution in [1.82, 2.24) is 4.90 Å². The minimum atomic E-state index is 0. The van der Waals surface area contributed by atoms with Gasteiger partial charge >= 0.3 is 0 Å². The quantitative estimate of drug-likeness (QED) is 0.812. The lowest BCUT2D eigenvalue weighted by Crippen LogP contribution is -2.26. The molecular weight excluding hydrogens is 238 g/mol. The highest BCUT2D eigenvalue weighted by Crippen LogP contribution is 2.25. The van der Waals surface area contributed by atoms with Gasteiger partial charge in [-0.1, -0.05) is 0 Å². The predicted octanol–water partition coefficient (Wildman–Crippen LogP) is 2.62. The molecule has 0 amide bonds. The molecule has 1 unspecified atom stereocenters. The minimum absolute atomic E-state index is 0. The van der Waals surface area contributed by atoms with Crippen molar-refractivity contribution in [3.63, 3.8) is 0 Å². The fourth-order valence-corrected chi connectivity index (χ4v) is 1.54. The maximum atomic E-state index is 5.35. The van der Waals surface area contributed by atoms with E-state index in [1.807, 2.05) is 18.2 Å². The van der Waals surface area contributed by atoms with Crippen LogP contribution in [0.5, 0.6) is 11.5 Å². The average molecular weight is 260 g/mol. The molecule has 0 bridgehead atoms. The molecule has 0 aliphatic heterocycles. The van der Waals surface area contributed by atoms with Gasteiger partial charge < -0.3 is 14.4 Å². The predicted molar refractivity (Wildman–Crippen MR) is 73.6 cm³/mol. The van der Waals surface area contributed by atoms with Gasteiger partial charge in [-0.25, -0.2) is 0 Å². The molecule has 17 heavy (non-hydrogen) atoms. The molecule has 0 radical (unpaired) electrons. The maximum absolute atomic E-state index is 5.35. The molecule has 0 aliphatic carbocycles. The van der Waals surface area contributed by atoms with Crippen LogP contribution < -0.4 is 9.47 Å². The molecule has 0 saturated heterocycles. The van der Waals surface area contributed by atoms with Crippen LogP contribution in [-0.2, 0) is 6.42 Å². The molecular formula is C13H22ClNO2. The van der Waals surface area contributed by atoms with E-state index in [4.69, 9.17) is 9.47 Å². The highest BCUT2D eigenvalue weighted by Gasteiger charge is 2.11. The number of likely N-dealkylation sites (N-methyl/N-ethyl adjacent to an activating group) is 1. The summed E-state index contributed by atoms with van der Waals surface area (Å²) in [5.41, 5.74) is 1.18. The second-order valence-corrected chi connectivity index (χ2v) is 4.19. The molecule has 0 N–H and O–H groups in total. The molecule has 1 atom stereocenters. The zero-order valence-corrected chi connectivity index (χ0v) is 12.0. The highest BCUT2D eigenvalue weighted by atomic mass is 35.5. The van der Waals surface area contributed by atoms with Gasteiger partial charge in [0.1, 0.15) is 11.5 Å². The van der Waals surface area contributed by atoms with Crippen LogP contribution in [0.15, 0.2) is 18.2 Å². The summed E-state index contributed by atoms with van der Waals surface area (Å²) in [5.74, 6) is 1.80. The zero-order valence-electron chi connectivity index (χ0n) is 11.2. The Bertz CT molecular complexity index is 342. The maximum Gasteiger partial charge on any atom is 0.122 e.